The van der Waals surface area contributed by atoms with E-state index < -0.39 is 23.5 Å². The first-order valence-electron chi connectivity index (χ1n) is 2.35. The van der Waals surface area contributed by atoms with Gasteiger partial charge in [-0.25, -0.2) is 13.7 Å². The summed E-state index contributed by atoms with van der Waals surface area (Å²) in [5.41, 5.74) is 0. The smallest absolute Gasteiger partial charge is 0.303 e. The first-order chi connectivity index (χ1) is 6.00. The Balaban J connectivity index is -0.000000000985. The van der Waals surface area contributed by atoms with Gasteiger partial charge in [0.15, 0.2) is 0 Å². The van der Waals surface area contributed by atoms with Crippen molar-refractivity contribution in [1.82, 2.24) is 0 Å². The number of rotatable bonds is 0. The Morgan fingerprint density at radius 3 is 0.146 bits per heavy atom. The summed E-state index contributed by atoms with van der Waals surface area (Å²) in [5.74, 6) is 0. The Hall–Kier alpha value is 54.3. The van der Waals surface area contributed by atoms with Crippen LogP contribution in [0.15, 0.2) is 0 Å². The fraction of sp³-hybridized carbons (Fsp3) is 0. The van der Waals surface area contributed by atoms with Gasteiger partial charge in [0, 0.05) is 0 Å². The molecule has 0 aromatic rings. The summed E-state index contributed by atoms with van der Waals surface area (Å²) in [4.78, 5) is 64.7. The zero-order valence-electron chi connectivity index (χ0n) is 39.6. The molecule has 0 radical (unpaired) electrons. The van der Waals surface area contributed by atoms with Crippen LogP contribution in [0.1, 0.15) is 0 Å². The largest absolute Gasteiger partial charge is 1.00 e. The second kappa shape index (κ2) is 195. The standard InChI is InChI=1S/33K.3H3O4P/c;;;;;;;;;;;;;;;;;;;;;;;;;;;;;;;;;3*1-5(2,3)4/h;;;;;;;;;;;;;;;;;;;;;;;;;;;;;;;;;3*(H3,1,2,3,4)/q33*+1;;;. The minimum atomic E-state index is -4.64. The minimum Gasteiger partial charge on any atom is -0.303 e. The van der Waals surface area contributed by atoms with Crippen molar-refractivity contribution in [2.24, 2.45) is 0 Å². The van der Waals surface area contributed by atoms with Crippen molar-refractivity contribution in [1.29, 1.82) is 0 Å². The summed E-state index contributed by atoms with van der Waals surface area (Å²) in [5, 5.41) is 0. The van der Waals surface area contributed by atoms with Crippen LogP contribution in [-0.4, -0.2) is 44.0 Å². The van der Waals surface area contributed by atoms with Crippen LogP contribution in [0.3, 0.4) is 0 Å². The van der Waals surface area contributed by atoms with E-state index in [1.54, 1.807) is 0 Å². The average Bonchev–Trinajstić information content (AvgIpc) is 1.41. The third kappa shape index (κ3) is 335. The van der Waals surface area contributed by atoms with Gasteiger partial charge in [0.25, 0.3) is 0 Å². The van der Waals surface area contributed by atoms with Crippen LogP contribution in [0.2, 0.25) is 0 Å². The monoisotopic (exact) mass is 1580 g/mol. The number of hydrogen-bond acceptors (Lipinski definition) is 3. The molecule has 0 unspecified atom stereocenters. The predicted octanol–water partition coefficient (Wildman–Crippen LogP) is -102. The molecular formula is H9K33O12P3+33. The topological polar surface area (TPSA) is 233 Å². The minimum absolute atomic E-state index is 0. The van der Waals surface area contributed by atoms with Crippen molar-refractivity contribution in [3.8, 4) is 0 Å². The van der Waals surface area contributed by atoms with Crippen LogP contribution in [0.25, 0.3) is 0 Å². The molecule has 48 heteroatoms. The van der Waals surface area contributed by atoms with Gasteiger partial charge in [-0.1, -0.05) is 0 Å². The molecule has 0 rings (SSSR count). The molecule has 0 aromatic heterocycles. The van der Waals surface area contributed by atoms with E-state index in [0.717, 1.165) is 0 Å². The van der Waals surface area contributed by atoms with E-state index in [-0.39, 0.29) is 1700 Å². The maximum atomic E-state index is 8.88. The molecule has 0 saturated carbocycles. The predicted molar refractivity (Wildman–Crippen MR) is 42.8 cm³/mol. The van der Waals surface area contributed by atoms with Crippen molar-refractivity contribution in [2.45, 2.75) is 0 Å². The van der Waals surface area contributed by atoms with E-state index in [1.807, 2.05) is 0 Å². The normalized spacial score (nSPS) is 3.69. The number of phosphoric acid groups is 3. The molecule has 9 N–H and O–H groups in total. The Kier molecular flexibility index (Phi) is 970. The molecule has 0 aromatic carbocycles. The maximum absolute atomic E-state index is 8.88. The fourth-order valence-electron chi connectivity index (χ4n) is 0. The van der Waals surface area contributed by atoms with Crippen molar-refractivity contribution >= 4 is 23.5 Å². The van der Waals surface area contributed by atoms with Crippen LogP contribution < -0.4 is 1700 Å². The molecule has 0 saturated heterocycles. The molecule has 12 nitrogen and oxygen atoms in total. The second-order valence-electron chi connectivity index (χ2n) is 1.54. The molecule has 0 aliphatic carbocycles. The summed E-state index contributed by atoms with van der Waals surface area (Å²) in [7, 11) is -13.9. The summed E-state index contributed by atoms with van der Waals surface area (Å²) in [6, 6.07) is 0. The molecule has 0 fully saturated rings. The molecule has 0 heterocycles. The van der Waals surface area contributed by atoms with Crippen LogP contribution in [0, 0.1) is 0 Å². The third-order valence-electron chi connectivity index (χ3n) is 0. The van der Waals surface area contributed by atoms with E-state index in [0.29, 0.717) is 0 Å². The van der Waals surface area contributed by atoms with Gasteiger partial charge in [0.05, 0.1) is 0 Å². The van der Waals surface area contributed by atoms with Crippen LogP contribution in [-0.2, 0) is 13.7 Å². The van der Waals surface area contributed by atoms with Gasteiger partial charge in [-0.05, 0) is 0 Å². The molecule has 0 aliphatic heterocycles. The van der Waals surface area contributed by atoms with Crippen molar-refractivity contribution < 1.29 is 1750 Å². The zero-order valence-corrected chi connectivity index (χ0v) is 145. The van der Waals surface area contributed by atoms with E-state index in [9.17, 15) is 0 Å². The fourth-order valence-corrected chi connectivity index (χ4v) is 0. The van der Waals surface area contributed by atoms with Crippen LogP contribution in [0.4, 0.5) is 0 Å². The van der Waals surface area contributed by atoms with Gasteiger partial charge in [-0.2, -0.15) is 0 Å². The van der Waals surface area contributed by atoms with Gasteiger partial charge < -0.3 is 44.0 Å². The SMILES string of the molecule is O=P(O)(O)O.O=P(O)(O)O.O=P(O)(O)O.[K+].[K+].[K+].[K+].[K+].[K+].[K+].[K+].[K+].[K+].[K+].[K+].[K+].[K+].[K+].[K+].[K+].[K+].[K+].[K+].[K+].[K+].[K+].[K+].[K+].[K+].[K+].[K+].[K+].[K+].[K+].[K+].[K+]. The van der Waals surface area contributed by atoms with Crippen molar-refractivity contribution in [2.75, 3.05) is 0 Å². The zero-order chi connectivity index (χ0) is 13.5. The van der Waals surface area contributed by atoms with Crippen molar-refractivity contribution in [3.05, 3.63) is 0 Å². The first-order valence-corrected chi connectivity index (χ1v) is 7.04. The molecule has 0 bridgehead atoms. The molecule has 0 spiro atoms. The van der Waals surface area contributed by atoms with Gasteiger partial charge in [-0.15, -0.1) is 0 Å². The maximum Gasteiger partial charge on any atom is 1.00 e. The molecule has 0 aliphatic rings. The van der Waals surface area contributed by atoms with E-state index in [2.05, 4.69) is 0 Å². The Morgan fingerprint density at radius 1 is 0.146 bits per heavy atom. The molecule has 48 heavy (non-hydrogen) atoms. The van der Waals surface area contributed by atoms with E-state index >= 15 is 0 Å². The van der Waals surface area contributed by atoms with Gasteiger partial charge in [0.2, 0.25) is 0 Å². The Labute approximate surface area is 1700 Å². The van der Waals surface area contributed by atoms with Gasteiger partial charge >= 0.3 is 1720 Å². The quantitative estimate of drug-likeness (QED) is 0.0814. The summed E-state index contributed by atoms with van der Waals surface area (Å²) >= 11 is 0. The van der Waals surface area contributed by atoms with Crippen LogP contribution in [0.5, 0.6) is 0 Å². The summed E-state index contributed by atoms with van der Waals surface area (Å²) < 4.78 is 26.6. The summed E-state index contributed by atoms with van der Waals surface area (Å²) in [6.45, 7) is 0. The first kappa shape index (κ1) is 239. The average molecular weight is 1580 g/mol. The van der Waals surface area contributed by atoms with Gasteiger partial charge in [0.1, 0.15) is 0 Å². The van der Waals surface area contributed by atoms with E-state index in [4.69, 9.17) is 57.7 Å². The molecule has 0 atom stereocenters. The summed E-state index contributed by atoms with van der Waals surface area (Å²) in [6.07, 6.45) is 0. The van der Waals surface area contributed by atoms with Gasteiger partial charge in [-0.3, -0.25) is 0 Å². The number of hydrogen-bond donors (Lipinski definition) is 9. The second-order valence-corrected chi connectivity index (χ2v) is 4.62. The Morgan fingerprint density at radius 2 is 0.146 bits per heavy atom. The van der Waals surface area contributed by atoms with E-state index in [1.165, 1.54) is 0 Å². The van der Waals surface area contributed by atoms with Crippen molar-refractivity contribution in [3.63, 3.8) is 0 Å². The molecule has 0 amide bonds. The van der Waals surface area contributed by atoms with Crippen LogP contribution >= 0.6 is 23.5 Å². The third-order valence-corrected chi connectivity index (χ3v) is 0. The molecular weight excluding hydrogens is 1580 g/mol. The Bertz CT molecular complexity index is 240. The molecule has 96 valence electrons.